The third-order valence-corrected chi connectivity index (χ3v) is 3.17. The summed E-state index contributed by atoms with van der Waals surface area (Å²) in [6.07, 6.45) is -4.22. The Kier molecular flexibility index (Phi) is 6.21. The average molecular weight is 356 g/mol. The van der Waals surface area contributed by atoms with Crippen molar-refractivity contribution in [3.63, 3.8) is 0 Å². The summed E-state index contributed by atoms with van der Waals surface area (Å²) >= 11 is 0. The number of hydrogen-bond acceptors (Lipinski definition) is 3. The van der Waals surface area contributed by atoms with E-state index >= 15 is 0 Å². The van der Waals surface area contributed by atoms with Gasteiger partial charge in [-0.1, -0.05) is 18.2 Å². The monoisotopic (exact) mass is 356 g/mol. The Labute approximate surface area is 141 Å². The van der Waals surface area contributed by atoms with Crippen LogP contribution >= 0.6 is 0 Å². The summed E-state index contributed by atoms with van der Waals surface area (Å²) in [5.74, 6) is -1.01. The molecule has 0 aliphatic carbocycles. The molecule has 0 bridgehead atoms. The van der Waals surface area contributed by atoms with Gasteiger partial charge in [-0.05, 0) is 36.2 Å². The molecule has 0 fully saturated rings. The second-order valence-electron chi connectivity index (χ2n) is 5.16. The summed E-state index contributed by atoms with van der Waals surface area (Å²) in [6.45, 7) is 0.266. The van der Waals surface area contributed by atoms with E-state index in [0.29, 0.717) is 18.7 Å². The number of amides is 1. The molecule has 4 nitrogen and oxygen atoms in total. The van der Waals surface area contributed by atoms with Crippen LogP contribution in [0.25, 0.3) is 0 Å². The lowest BCUT2D eigenvalue weighted by atomic mass is 10.1. The van der Waals surface area contributed by atoms with Crippen molar-refractivity contribution in [3.05, 3.63) is 59.9 Å². The Balaban J connectivity index is 1.74. The third kappa shape index (κ3) is 7.11. The number of hydrogen-bond donors (Lipinski definition) is 2. The highest BCUT2D eigenvalue weighted by atomic mass is 19.4. The fourth-order valence-electron chi connectivity index (χ4n) is 2.05. The van der Waals surface area contributed by atoms with Crippen LogP contribution in [-0.2, 0) is 11.2 Å². The quantitative estimate of drug-likeness (QED) is 0.747. The first kappa shape index (κ1) is 18.6. The Morgan fingerprint density at radius 3 is 2.48 bits per heavy atom. The van der Waals surface area contributed by atoms with E-state index in [1.54, 1.807) is 12.1 Å². The van der Waals surface area contributed by atoms with Gasteiger partial charge in [0.05, 0.1) is 6.54 Å². The first-order valence-corrected chi connectivity index (χ1v) is 7.43. The van der Waals surface area contributed by atoms with Gasteiger partial charge in [0.1, 0.15) is 11.6 Å². The summed E-state index contributed by atoms with van der Waals surface area (Å²) in [5.41, 5.74) is 1.21. The molecule has 25 heavy (non-hydrogen) atoms. The molecule has 0 unspecified atom stereocenters. The van der Waals surface area contributed by atoms with Crippen molar-refractivity contribution in [2.45, 2.75) is 12.8 Å². The van der Waals surface area contributed by atoms with Gasteiger partial charge in [0.2, 0.25) is 5.91 Å². The molecule has 1 amide bonds. The maximum absolute atomic E-state index is 12.8. The van der Waals surface area contributed by atoms with Gasteiger partial charge in [0.15, 0.2) is 0 Å². The van der Waals surface area contributed by atoms with Crippen LogP contribution in [-0.4, -0.2) is 25.4 Å². The van der Waals surface area contributed by atoms with Crippen LogP contribution in [0.3, 0.4) is 0 Å². The summed E-state index contributed by atoms with van der Waals surface area (Å²) in [6, 6.07) is 11.2. The number of anilines is 1. The molecule has 0 heterocycles. The second-order valence-corrected chi connectivity index (χ2v) is 5.16. The van der Waals surface area contributed by atoms with Crippen molar-refractivity contribution in [1.82, 2.24) is 5.32 Å². The van der Waals surface area contributed by atoms with Gasteiger partial charge < -0.3 is 15.4 Å². The van der Waals surface area contributed by atoms with Gasteiger partial charge in [-0.2, -0.15) is 0 Å². The zero-order valence-corrected chi connectivity index (χ0v) is 13.1. The zero-order valence-electron chi connectivity index (χ0n) is 13.1. The minimum absolute atomic E-state index is 0.0983. The molecule has 2 N–H and O–H groups in total. The SMILES string of the molecule is O=C(CNc1cccc(OC(F)(F)F)c1)NCCc1ccc(F)cc1. The predicted octanol–water partition coefficient (Wildman–Crippen LogP) is 3.50. The van der Waals surface area contributed by atoms with Crippen molar-refractivity contribution in [3.8, 4) is 5.75 Å². The van der Waals surface area contributed by atoms with Crippen LogP contribution in [0.15, 0.2) is 48.5 Å². The summed E-state index contributed by atoms with van der Waals surface area (Å²) in [4.78, 5) is 11.7. The van der Waals surface area contributed by atoms with Crippen LogP contribution < -0.4 is 15.4 Å². The third-order valence-electron chi connectivity index (χ3n) is 3.17. The van der Waals surface area contributed by atoms with E-state index < -0.39 is 6.36 Å². The highest BCUT2D eigenvalue weighted by Crippen LogP contribution is 2.24. The second kappa shape index (κ2) is 8.36. The van der Waals surface area contributed by atoms with E-state index in [1.165, 1.54) is 30.3 Å². The lowest BCUT2D eigenvalue weighted by Crippen LogP contribution is -2.31. The fourth-order valence-corrected chi connectivity index (χ4v) is 2.05. The molecule has 0 saturated heterocycles. The van der Waals surface area contributed by atoms with Crippen molar-refractivity contribution in [2.75, 3.05) is 18.4 Å². The summed E-state index contributed by atoms with van der Waals surface area (Å²) in [7, 11) is 0. The molecular formula is C17H16F4N2O2. The number of carbonyl (C=O) groups excluding carboxylic acids is 1. The molecule has 0 radical (unpaired) electrons. The van der Waals surface area contributed by atoms with Gasteiger partial charge >= 0.3 is 6.36 Å². The first-order valence-electron chi connectivity index (χ1n) is 7.43. The Bertz CT molecular complexity index is 703. The smallest absolute Gasteiger partial charge is 0.406 e. The van der Waals surface area contributed by atoms with Crippen LogP contribution in [0.4, 0.5) is 23.2 Å². The molecule has 0 saturated carbocycles. The highest BCUT2D eigenvalue weighted by Gasteiger charge is 2.31. The van der Waals surface area contributed by atoms with E-state index in [-0.39, 0.29) is 24.0 Å². The first-order chi connectivity index (χ1) is 11.8. The minimum atomic E-state index is -4.77. The number of rotatable bonds is 7. The van der Waals surface area contributed by atoms with Gasteiger partial charge in [-0.25, -0.2) is 4.39 Å². The summed E-state index contributed by atoms with van der Waals surface area (Å²) < 4.78 is 53.1. The molecule has 0 aliphatic heterocycles. The molecule has 0 aromatic heterocycles. The van der Waals surface area contributed by atoms with Crippen molar-refractivity contribution in [1.29, 1.82) is 0 Å². The lowest BCUT2D eigenvalue weighted by Gasteiger charge is -2.11. The zero-order chi connectivity index (χ0) is 18.3. The predicted molar refractivity (Wildman–Crippen MR) is 84.7 cm³/mol. The molecule has 134 valence electrons. The normalized spacial score (nSPS) is 11.0. The van der Waals surface area contributed by atoms with Crippen LogP contribution in [0.1, 0.15) is 5.56 Å². The number of carbonyl (C=O) groups is 1. The molecule has 2 rings (SSSR count). The van der Waals surface area contributed by atoms with Crippen molar-refractivity contribution in [2.24, 2.45) is 0 Å². The van der Waals surface area contributed by atoms with Crippen LogP contribution in [0.5, 0.6) is 5.75 Å². The topological polar surface area (TPSA) is 50.4 Å². The van der Waals surface area contributed by atoms with E-state index in [0.717, 1.165) is 11.6 Å². The molecule has 8 heteroatoms. The Morgan fingerprint density at radius 1 is 1.08 bits per heavy atom. The van der Waals surface area contributed by atoms with Crippen molar-refractivity contribution < 1.29 is 27.1 Å². The van der Waals surface area contributed by atoms with E-state index in [4.69, 9.17) is 0 Å². The number of benzene rings is 2. The largest absolute Gasteiger partial charge is 0.573 e. The van der Waals surface area contributed by atoms with Crippen LogP contribution in [0.2, 0.25) is 0 Å². The lowest BCUT2D eigenvalue weighted by molar-refractivity contribution is -0.274. The Hall–Kier alpha value is -2.77. The average Bonchev–Trinajstić information content (AvgIpc) is 2.54. The minimum Gasteiger partial charge on any atom is -0.406 e. The molecule has 0 aliphatic rings. The molecule has 0 spiro atoms. The standard InChI is InChI=1S/C17H16F4N2O2/c18-13-6-4-12(5-7-13)8-9-22-16(24)11-23-14-2-1-3-15(10-14)25-17(19,20)21/h1-7,10,23H,8-9,11H2,(H,22,24). The Morgan fingerprint density at radius 2 is 1.80 bits per heavy atom. The summed E-state index contributed by atoms with van der Waals surface area (Å²) in [5, 5.41) is 5.38. The molecular weight excluding hydrogens is 340 g/mol. The van der Waals surface area contributed by atoms with Gasteiger partial charge in [-0.3, -0.25) is 4.79 Å². The molecule has 2 aromatic rings. The number of ether oxygens (including phenoxy) is 1. The number of halogens is 4. The van der Waals surface area contributed by atoms with Gasteiger partial charge in [0, 0.05) is 18.3 Å². The van der Waals surface area contributed by atoms with E-state index in [9.17, 15) is 22.4 Å². The molecule has 0 atom stereocenters. The van der Waals surface area contributed by atoms with Crippen molar-refractivity contribution >= 4 is 11.6 Å². The maximum Gasteiger partial charge on any atom is 0.573 e. The van der Waals surface area contributed by atoms with E-state index in [1.807, 2.05) is 0 Å². The van der Waals surface area contributed by atoms with Gasteiger partial charge in [-0.15, -0.1) is 13.2 Å². The highest BCUT2D eigenvalue weighted by molar-refractivity contribution is 5.80. The maximum atomic E-state index is 12.8. The van der Waals surface area contributed by atoms with Crippen LogP contribution in [0, 0.1) is 5.82 Å². The fraction of sp³-hybridized carbons (Fsp3) is 0.235. The van der Waals surface area contributed by atoms with E-state index in [2.05, 4.69) is 15.4 Å². The molecule has 2 aromatic carbocycles. The number of alkyl halides is 3. The van der Waals surface area contributed by atoms with Gasteiger partial charge in [0.25, 0.3) is 0 Å². The number of nitrogens with one attached hydrogen (secondary N) is 2.